The molecule has 1 heterocycles. The number of carbonyl (C=O) groups excluding carboxylic acids is 1. The van der Waals surface area contributed by atoms with Gasteiger partial charge in [0.25, 0.3) is 0 Å². The molecule has 2 N–H and O–H groups in total. The monoisotopic (exact) mass is 481 g/mol. The summed E-state index contributed by atoms with van der Waals surface area (Å²) in [7, 11) is 3.83. The molecule has 1 atom stereocenters. The van der Waals surface area contributed by atoms with Crippen molar-refractivity contribution in [2.45, 2.75) is 32.9 Å². The number of amides is 1. The molecule has 2 aromatic carbocycles. The fourth-order valence-corrected chi connectivity index (χ4v) is 4.39. The molecule has 0 radical (unpaired) electrons. The maximum Gasteiger partial charge on any atom is 0.237 e. The lowest BCUT2D eigenvalue weighted by molar-refractivity contribution is -0.135. The third-order valence-corrected chi connectivity index (χ3v) is 5.97. The summed E-state index contributed by atoms with van der Waals surface area (Å²) in [4.78, 5) is 22.3. The fraction of sp³-hybridized carbons (Fsp3) is 0.407. The van der Waals surface area contributed by atoms with Crippen LogP contribution in [0.5, 0.6) is 0 Å². The first kappa shape index (κ1) is 25.9. The van der Waals surface area contributed by atoms with Gasteiger partial charge >= 0.3 is 0 Å². The summed E-state index contributed by atoms with van der Waals surface area (Å²) in [6.45, 7) is 6.42. The second-order valence-corrected chi connectivity index (χ2v) is 9.70. The average Bonchev–Trinajstić information content (AvgIpc) is 3.19. The van der Waals surface area contributed by atoms with Gasteiger partial charge in [-0.05, 0) is 50.7 Å². The molecular formula is C27H36ClN5O. The molecule has 1 unspecified atom stereocenters. The van der Waals surface area contributed by atoms with Gasteiger partial charge in [-0.15, -0.1) is 0 Å². The maximum atomic E-state index is 13.4. The zero-order valence-corrected chi connectivity index (χ0v) is 21.4. The number of imidazole rings is 1. The molecule has 7 heteroatoms. The first-order valence-corrected chi connectivity index (χ1v) is 12.2. The van der Waals surface area contributed by atoms with E-state index in [4.69, 9.17) is 22.3 Å². The van der Waals surface area contributed by atoms with E-state index in [2.05, 4.69) is 36.7 Å². The molecule has 0 saturated heterocycles. The number of hydrogen-bond donors (Lipinski definition) is 1. The zero-order chi connectivity index (χ0) is 24.7. The van der Waals surface area contributed by atoms with E-state index in [0.717, 1.165) is 23.5 Å². The number of rotatable bonds is 11. The number of hydrogen-bond acceptors (Lipinski definition) is 4. The summed E-state index contributed by atoms with van der Waals surface area (Å²) >= 11 is 6.28. The second kappa shape index (κ2) is 12.2. The normalized spacial score (nSPS) is 12.4. The van der Waals surface area contributed by atoms with Gasteiger partial charge in [0.1, 0.15) is 5.82 Å². The van der Waals surface area contributed by atoms with Crippen LogP contribution in [0.4, 0.5) is 0 Å². The van der Waals surface area contributed by atoms with Crippen LogP contribution in [0.3, 0.4) is 0 Å². The largest absolute Gasteiger partial charge is 0.331 e. The van der Waals surface area contributed by atoms with Crippen LogP contribution in [0.1, 0.15) is 37.7 Å². The van der Waals surface area contributed by atoms with Crippen LogP contribution in [0, 0.1) is 5.92 Å². The van der Waals surface area contributed by atoms with Crippen molar-refractivity contribution in [2.24, 2.45) is 11.7 Å². The topological polar surface area (TPSA) is 67.4 Å². The molecule has 34 heavy (non-hydrogen) atoms. The van der Waals surface area contributed by atoms with Crippen molar-refractivity contribution in [3.8, 4) is 11.3 Å². The lowest BCUT2D eigenvalue weighted by Gasteiger charge is -2.35. The van der Waals surface area contributed by atoms with Crippen molar-refractivity contribution in [1.82, 2.24) is 19.4 Å². The molecule has 0 aliphatic carbocycles. The molecule has 6 nitrogen and oxygen atoms in total. The Labute approximate surface area is 208 Å². The molecule has 1 amide bonds. The number of nitrogens with zero attached hydrogens (tertiary/aromatic N) is 4. The molecule has 0 fully saturated rings. The van der Waals surface area contributed by atoms with E-state index in [-0.39, 0.29) is 17.9 Å². The number of carbonyl (C=O) groups is 1. The summed E-state index contributed by atoms with van der Waals surface area (Å²) in [5.74, 6) is 1.11. The van der Waals surface area contributed by atoms with Crippen molar-refractivity contribution < 1.29 is 4.79 Å². The Kier molecular flexibility index (Phi) is 9.28. The van der Waals surface area contributed by atoms with Gasteiger partial charge in [-0.25, -0.2) is 4.98 Å². The molecule has 3 rings (SSSR count). The molecule has 0 aliphatic heterocycles. The van der Waals surface area contributed by atoms with Crippen LogP contribution in [0.25, 0.3) is 11.3 Å². The molecular weight excluding hydrogens is 446 g/mol. The van der Waals surface area contributed by atoms with Gasteiger partial charge in [-0.2, -0.15) is 0 Å². The minimum atomic E-state index is -0.185. The van der Waals surface area contributed by atoms with Crippen LogP contribution in [-0.2, 0) is 11.3 Å². The van der Waals surface area contributed by atoms with Gasteiger partial charge in [0.15, 0.2) is 0 Å². The van der Waals surface area contributed by atoms with Crippen molar-refractivity contribution in [2.75, 3.05) is 33.7 Å². The minimum Gasteiger partial charge on any atom is -0.331 e. The third kappa shape index (κ3) is 6.69. The van der Waals surface area contributed by atoms with Crippen molar-refractivity contribution in [3.05, 3.63) is 77.2 Å². The second-order valence-electron chi connectivity index (χ2n) is 9.26. The van der Waals surface area contributed by atoms with E-state index >= 15 is 0 Å². The molecule has 0 saturated carbocycles. The number of nitrogens with two attached hydrogens (primary N) is 1. The molecule has 3 aromatic rings. The molecule has 182 valence electrons. The molecule has 1 aromatic heterocycles. The summed E-state index contributed by atoms with van der Waals surface area (Å²) in [5.41, 5.74) is 8.81. The standard InChI is InChI=1S/C27H36ClN5O/c1-20(2)26(33(15-9-14-29)25(34)19-31(3)4)27-30-24(22-12-8-13-23(28)16-22)18-32(27)17-21-10-6-5-7-11-21/h5-8,10-13,16,18,20,26H,9,14-15,17,19,29H2,1-4H3. The quantitative estimate of drug-likeness (QED) is 0.431. The number of benzene rings is 2. The van der Waals surface area contributed by atoms with Crippen LogP contribution in [0.15, 0.2) is 60.8 Å². The Morgan fingerprint density at radius 3 is 2.47 bits per heavy atom. The van der Waals surface area contributed by atoms with Crippen molar-refractivity contribution in [3.63, 3.8) is 0 Å². The highest BCUT2D eigenvalue weighted by molar-refractivity contribution is 6.30. The SMILES string of the molecule is CC(C)C(c1nc(-c2cccc(Cl)c2)cn1Cc1ccccc1)N(CCCN)C(=O)CN(C)C. The van der Waals surface area contributed by atoms with E-state index in [1.807, 2.05) is 66.4 Å². The minimum absolute atomic E-state index is 0.0794. The summed E-state index contributed by atoms with van der Waals surface area (Å²) in [6, 6.07) is 17.9. The number of halogens is 1. The fourth-order valence-electron chi connectivity index (χ4n) is 4.20. The van der Waals surface area contributed by atoms with Crippen molar-refractivity contribution >= 4 is 17.5 Å². The van der Waals surface area contributed by atoms with E-state index in [0.29, 0.717) is 31.2 Å². The van der Waals surface area contributed by atoms with Gasteiger partial charge in [0.2, 0.25) is 5.91 Å². The lowest BCUT2D eigenvalue weighted by atomic mass is 10.0. The van der Waals surface area contributed by atoms with Gasteiger partial charge in [0, 0.05) is 29.9 Å². The van der Waals surface area contributed by atoms with Crippen LogP contribution in [0.2, 0.25) is 5.02 Å². The Hall–Kier alpha value is -2.67. The zero-order valence-electron chi connectivity index (χ0n) is 20.6. The highest BCUT2D eigenvalue weighted by atomic mass is 35.5. The summed E-state index contributed by atoms with van der Waals surface area (Å²) in [6.07, 6.45) is 2.81. The predicted molar refractivity (Wildman–Crippen MR) is 140 cm³/mol. The summed E-state index contributed by atoms with van der Waals surface area (Å²) < 4.78 is 2.18. The smallest absolute Gasteiger partial charge is 0.237 e. The Morgan fingerprint density at radius 1 is 1.12 bits per heavy atom. The third-order valence-electron chi connectivity index (χ3n) is 5.73. The maximum absolute atomic E-state index is 13.4. The Morgan fingerprint density at radius 2 is 1.85 bits per heavy atom. The van der Waals surface area contributed by atoms with Crippen LogP contribution in [-0.4, -0.2) is 59.0 Å². The highest BCUT2D eigenvalue weighted by Gasteiger charge is 2.32. The van der Waals surface area contributed by atoms with Crippen LogP contribution < -0.4 is 5.73 Å². The van der Waals surface area contributed by atoms with Crippen molar-refractivity contribution in [1.29, 1.82) is 0 Å². The number of likely N-dealkylation sites (N-methyl/N-ethyl adjacent to an activating group) is 1. The van der Waals surface area contributed by atoms with Gasteiger partial charge < -0.3 is 20.1 Å². The van der Waals surface area contributed by atoms with Gasteiger partial charge in [-0.1, -0.05) is 67.9 Å². The van der Waals surface area contributed by atoms with E-state index in [9.17, 15) is 4.79 Å². The Balaban J connectivity index is 2.11. The van der Waals surface area contributed by atoms with Crippen LogP contribution >= 0.6 is 11.6 Å². The first-order chi connectivity index (χ1) is 16.3. The Bertz CT molecular complexity index is 1060. The van der Waals surface area contributed by atoms with E-state index in [1.54, 1.807) is 0 Å². The van der Waals surface area contributed by atoms with E-state index < -0.39 is 0 Å². The van der Waals surface area contributed by atoms with E-state index in [1.165, 1.54) is 5.56 Å². The molecule has 0 bridgehead atoms. The first-order valence-electron chi connectivity index (χ1n) is 11.8. The molecule has 0 aliphatic rings. The highest BCUT2D eigenvalue weighted by Crippen LogP contribution is 2.32. The lowest BCUT2D eigenvalue weighted by Crippen LogP contribution is -2.44. The summed E-state index contributed by atoms with van der Waals surface area (Å²) in [5, 5.41) is 0.669. The predicted octanol–water partition coefficient (Wildman–Crippen LogP) is 4.69. The number of aromatic nitrogens is 2. The average molecular weight is 482 g/mol. The molecule has 0 spiro atoms. The van der Waals surface area contributed by atoms with Gasteiger partial charge in [-0.3, -0.25) is 4.79 Å². The van der Waals surface area contributed by atoms with Gasteiger partial charge in [0.05, 0.1) is 18.3 Å².